The molecule has 1 saturated heterocycles. The van der Waals surface area contributed by atoms with Crippen LogP contribution in [0.2, 0.25) is 0 Å². The van der Waals surface area contributed by atoms with E-state index in [2.05, 4.69) is 33.5 Å². The van der Waals surface area contributed by atoms with Crippen LogP contribution in [0.3, 0.4) is 0 Å². The number of fused-ring (bicyclic) bond motifs is 5. The van der Waals surface area contributed by atoms with Gasteiger partial charge in [0.2, 0.25) is 6.09 Å². The van der Waals surface area contributed by atoms with E-state index in [9.17, 15) is 4.79 Å². The van der Waals surface area contributed by atoms with Crippen molar-refractivity contribution >= 4 is 13.4 Å². The Kier molecular flexibility index (Phi) is 8.80. The molecule has 0 aromatic carbocycles. The summed E-state index contributed by atoms with van der Waals surface area (Å²) < 4.78 is 5.29. The van der Waals surface area contributed by atoms with Crippen molar-refractivity contribution in [1.29, 1.82) is 0 Å². The van der Waals surface area contributed by atoms with E-state index in [1.54, 1.807) is 5.31 Å². The smallest absolute Gasteiger partial charge is 0.227 e. The first-order valence-corrected chi connectivity index (χ1v) is 15.2. The number of nitrogens with one attached hydrogen (secondary N) is 1. The van der Waals surface area contributed by atoms with Gasteiger partial charge in [-0.2, -0.15) is 0 Å². The molecule has 4 aliphatic rings. The molecule has 2 aliphatic heterocycles. The Morgan fingerprint density at radius 2 is 2.03 bits per heavy atom. The molecule has 3 nitrogen and oxygen atoms in total. The van der Waals surface area contributed by atoms with Gasteiger partial charge >= 0.3 is 0 Å². The Morgan fingerprint density at radius 3 is 2.74 bits per heavy atom. The summed E-state index contributed by atoms with van der Waals surface area (Å²) in [6.07, 6.45) is 17.6. The van der Waals surface area contributed by atoms with Crippen molar-refractivity contribution in [2.24, 2.45) is 29.1 Å². The van der Waals surface area contributed by atoms with Gasteiger partial charge < -0.3 is 10.5 Å². The third kappa shape index (κ3) is 5.15. The molecule has 2 saturated carbocycles. The number of allylic oxidation sites excluding steroid dienone is 1. The van der Waals surface area contributed by atoms with Crippen LogP contribution in [0, 0.1) is 29.1 Å². The van der Waals surface area contributed by atoms with E-state index in [1.807, 2.05) is 0 Å². The Bertz CT molecular complexity index is 682. The van der Waals surface area contributed by atoms with Gasteiger partial charge in [0.05, 0.1) is 23.8 Å². The van der Waals surface area contributed by atoms with Crippen molar-refractivity contribution in [2.75, 3.05) is 12.8 Å². The average molecular weight is 523 g/mol. The molecule has 7 unspecified atom stereocenters. The maximum Gasteiger partial charge on any atom is 0.227 e. The quantitative estimate of drug-likeness (QED) is 0.260. The van der Waals surface area contributed by atoms with E-state index in [-0.39, 0.29) is 38.8 Å². The van der Waals surface area contributed by atoms with E-state index >= 15 is 0 Å². The molecular weight excluding hydrogens is 478 g/mol. The van der Waals surface area contributed by atoms with Crippen LogP contribution >= 0.6 is 7.26 Å². The van der Waals surface area contributed by atoms with Gasteiger partial charge in [-0.15, -0.1) is 0 Å². The third-order valence-corrected chi connectivity index (χ3v) is 14.8. The Morgan fingerprint density at radius 1 is 1.26 bits per heavy atom. The standard InChI is InChI=1S/C26H44NO2P.Y/c1-18(2)7-5-6-8-19-9-12-23-22-11-10-21-17-20(29-25(27)28)14-16-30(21,4)24(22)13-15-26(19,23)3;/h10,18-20,22-24H,5-9,11-17H2,1-4H3,(H-,27,28);. The largest absolute Gasteiger partial charge is 0.632 e. The van der Waals surface area contributed by atoms with Gasteiger partial charge in [-0.05, 0) is 67.8 Å². The number of ether oxygens (including phenoxy) is 1. The van der Waals surface area contributed by atoms with Gasteiger partial charge in [0, 0.05) is 58.7 Å². The van der Waals surface area contributed by atoms with Gasteiger partial charge in [0.15, 0.2) is 0 Å². The molecule has 0 spiro atoms. The van der Waals surface area contributed by atoms with E-state index in [1.165, 1.54) is 63.9 Å². The summed E-state index contributed by atoms with van der Waals surface area (Å²) in [5.41, 5.74) is 8.68. The van der Waals surface area contributed by atoms with E-state index in [0.29, 0.717) is 5.41 Å². The fraction of sp³-hybridized carbons (Fsp3) is 0.885. The molecule has 5 heteroatoms. The summed E-state index contributed by atoms with van der Waals surface area (Å²) in [6.45, 7) is 9.99. The molecule has 4 rings (SSSR count). The third-order valence-electron chi connectivity index (χ3n) is 9.82. The summed E-state index contributed by atoms with van der Waals surface area (Å²) in [5, 5.41) is 1.65. The molecule has 1 amide bonds. The summed E-state index contributed by atoms with van der Waals surface area (Å²) in [5.74, 6) is 3.64. The second-order valence-electron chi connectivity index (χ2n) is 11.8. The first-order chi connectivity index (χ1) is 14.2. The van der Waals surface area contributed by atoms with Gasteiger partial charge in [0.25, 0.3) is 0 Å². The summed E-state index contributed by atoms with van der Waals surface area (Å²) >= 11 is 0. The zero-order chi connectivity index (χ0) is 21.5. The number of rotatable bonds is 6. The second-order valence-corrected chi connectivity index (χ2v) is 16.0. The average Bonchev–Trinajstić information content (AvgIpc) is 3.01. The van der Waals surface area contributed by atoms with Crippen molar-refractivity contribution < 1.29 is 42.2 Å². The molecular formula is C26H44NO2PY. The van der Waals surface area contributed by atoms with Crippen LogP contribution in [0.1, 0.15) is 91.4 Å². The minimum absolute atomic E-state index is 0. The molecule has 31 heavy (non-hydrogen) atoms. The number of carbonyl (C=O) groups excluding carboxylic acids is 1. The molecule has 1 N–H and O–H groups in total. The van der Waals surface area contributed by atoms with Gasteiger partial charge in [-0.3, -0.25) is 4.79 Å². The molecule has 0 aromatic rings. The Labute approximate surface area is 216 Å². The maximum atomic E-state index is 11.1. The molecule has 2 aliphatic carbocycles. The number of hydrogen-bond donors (Lipinski definition) is 0. The predicted molar refractivity (Wildman–Crippen MR) is 128 cm³/mol. The normalized spacial score (nSPS) is 41.5. The molecule has 2 heterocycles. The van der Waals surface area contributed by atoms with Crippen LogP contribution in [-0.4, -0.2) is 30.7 Å². The van der Waals surface area contributed by atoms with Gasteiger partial charge in [0.1, 0.15) is 6.10 Å². The number of hydrogen-bond acceptors (Lipinski definition) is 2. The zero-order valence-corrected chi connectivity index (χ0v) is 24.1. The van der Waals surface area contributed by atoms with Crippen molar-refractivity contribution in [3.8, 4) is 0 Å². The molecule has 0 bridgehead atoms. The fourth-order valence-electron chi connectivity index (χ4n) is 8.12. The topological polar surface area (TPSA) is 50.1 Å². The molecule has 0 aromatic heterocycles. The van der Waals surface area contributed by atoms with E-state index in [0.717, 1.165) is 42.2 Å². The maximum absolute atomic E-state index is 11.1. The number of amides is 1. The Hall–Kier alpha value is 0.544. The second kappa shape index (κ2) is 10.4. The SMILES string of the molecule is CC(C)CCCCC1CCC2C3CC=C4CC(OC([NH-])=O)CC[P+]4(C)C3CCC12C.[Y]. The van der Waals surface area contributed by atoms with Crippen molar-refractivity contribution in [3.05, 3.63) is 17.1 Å². The van der Waals surface area contributed by atoms with Crippen LogP contribution in [0.4, 0.5) is 4.79 Å². The first kappa shape index (κ1) is 26.2. The molecule has 173 valence electrons. The van der Waals surface area contributed by atoms with Crippen molar-refractivity contribution in [3.63, 3.8) is 0 Å². The number of carbonyl (C=O) groups is 1. The van der Waals surface area contributed by atoms with Crippen LogP contribution in [0.15, 0.2) is 11.4 Å². The van der Waals surface area contributed by atoms with Crippen molar-refractivity contribution in [1.82, 2.24) is 0 Å². The predicted octanol–water partition coefficient (Wildman–Crippen LogP) is 8.30. The van der Waals surface area contributed by atoms with E-state index < -0.39 is 13.4 Å². The van der Waals surface area contributed by atoms with Crippen LogP contribution in [0.5, 0.6) is 0 Å². The monoisotopic (exact) mass is 522 g/mol. The summed E-state index contributed by atoms with van der Waals surface area (Å²) in [7, 11) is -1.11. The minimum atomic E-state index is -1.11. The fourth-order valence-corrected chi connectivity index (χ4v) is 13.0. The molecule has 7 atom stereocenters. The van der Waals surface area contributed by atoms with Crippen molar-refractivity contribution in [2.45, 2.75) is 103 Å². The minimum Gasteiger partial charge on any atom is -0.632 e. The summed E-state index contributed by atoms with van der Waals surface area (Å²) in [4.78, 5) is 11.1. The Balaban J connectivity index is 0.00000272. The van der Waals surface area contributed by atoms with Gasteiger partial charge in [-0.1, -0.05) is 40.0 Å². The van der Waals surface area contributed by atoms with Gasteiger partial charge in [-0.25, -0.2) is 0 Å². The first-order valence-electron chi connectivity index (χ1n) is 12.7. The molecule has 3 fully saturated rings. The summed E-state index contributed by atoms with van der Waals surface area (Å²) in [6, 6.07) is 0. The zero-order valence-electron chi connectivity index (χ0n) is 20.4. The van der Waals surface area contributed by atoms with Crippen LogP contribution < -0.4 is 0 Å². The van der Waals surface area contributed by atoms with Crippen LogP contribution in [-0.2, 0) is 37.4 Å². The number of unbranched alkanes of at least 4 members (excludes halogenated alkanes) is 1. The van der Waals surface area contributed by atoms with E-state index in [4.69, 9.17) is 10.5 Å². The van der Waals surface area contributed by atoms with Crippen LogP contribution in [0.25, 0.3) is 5.73 Å². The molecule has 1 radical (unpaired) electrons.